The fourth-order valence-corrected chi connectivity index (χ4v) is 2.11. The summed E-state index contributed by atoms with van der Waals surface area (Å²) in [5.74, 6) is -0.465. The van der Waals surface area contributed by atoms with Gasteiger partial charge < -0.3 is 10.5 Å². The van der Waals surface area contributed by atoms with Gasteiger partial charge in [-0.2, -0.15) is 0 Å². The molecular formula is C14H12BrFN2O3. The zero-order chi connectivity index (χ0) is 15.6. The summed E-state index contributed by atoms with van der Waals surface area (Å²) in [5, 5.41) is 10.8. The molecule has 0 spiro atoms. The number of nitrogens with two attached hydrogens (primary N) is 1. The van der Waals surface area contributed by atoms with Gasteiger partial charge in [-0.3, -0.25) is 10.1 Å². The Morgan fingerprint density at radius 1 is 1.38 bits per heavy atom. The molecule has 0 saturated heterocycles. The number of hydrogen-bond acceptors (Lipinski definition) is 4. The van der Waals surface area contributed by atoms with Crippen LogP contribution in [0.4, 0.5) is 10.1 Å². The summed E-state index contributed by atoms with van der Waals surface area (Å²) in [6.45, 7) is 1.70. The first-order chi connectivity index (χ1) is 9.90. The lowest BCUT2D eigenvalue weighted by atomic mass is 10.1. The molecule has 0 aliphatic heterocycles. The van der Waals surface area contributed by atoms with Gasteiger partial charge in [0.05, 0.1) is 15.5 Å². The predicted molar refractivity (Wildman–Crippen MR) is 79.9 cm³/mol. The summed E-state index contributed by atoms with van der Waals surface area (Å²) in [6, 6.07) is 8.00. The Kier molecular flexibility index (Phi) is 4.54. The Morgan fingerprint density at radius 3 is 2.71 bits per heavy atom. The first kappa shape index (κ1) is 15.4. The lowest BCUT2D eigenvalue weighted by Gasteiger charge is -2.15. The van der Waals surface area contributed by atoms with Crippen LogP contribution in [0.15, 0.2) is 40.9 Å². The lowest BCUT2D eigenvalue weighted by Crippen LogP contribution is -2.07. The highest BCUT2D eigenvalue weighted by Gasteiger charge is 2.17. The molecule has 2 rings (SSSR count). The number of rotatable bonds is 4. The molecule has 0 aliphatic rings. The molecule has 1 atom stereocenters. The molecule has 0 fully saturated rings. The van der Waals surface area contributed by atoms with Crippen molar-refractivity contribution in [3.63, 3.8) is 0 Å². The van der Waals surface area contributed by atoms with Crippen molar-refractivity contribution in [1.82, 2.24) is 0 Å². The van der Waals surface area contributed by atoms with Gasteiger partial charge in [-0.1, -0.05) is 12.1 Å². The number of nitro groups is 1. The van der Waals surface area contributed by atoms with Gasteiger partial charge in [0.1, 0.15) is 5.75 Å². The van der Waals surface area contributed by atoms with E-state index in [-0.39, 0.29) is 17.2 Å². The zero-order valence-corrected chi connectivity index (χ0v) is 12.6. The van der Waals surface area contributed by atoms with E-state index in [0.717, 1.165) is 0 Å². The molecule has 0 radical (unpaired) electrons. The molecule has 0 amide bonds. The van der Waals surface area contributed by atoms with Gasteiger partial charge in [-0.05, 0) is 35.0 Å². The molecule has 0 heterocycles. The number of nitrogens with zero attached hydrogens (tertiary/aromatic N) is 1. The Bertz CT molecular complexity index is 692. The van der Waals surface area contributed by atoms with Gasteiger partial charge in [0.15, 0.2) is 11.6 Å². The second-order valence-electron chi connectivity index (χ2n) is 4.42. The average molecular weight is 355 g/mol. The van der Waals surface area contributed by atoms with Crippen molar-refractivity contribution in [2.24, 2.45) is 5.73 Å². The number of non-ortho nitro benzene ring substituents is 1. The fraction of sp³-hybridized carbons (Fsp3) is 0.143. The third-order valence-electron chi connectivity index (χ3n) is 2.83. The van der Waals surface area contributed by atoms with Gasteiger partial charge in [0.25, 0.3) is 5.69 Å². The van der Waals surface area contributed by atoms with Crippen molar-refractivity contribution in [3.8, 4) is 11.5 Å². The van der Waals surface area contributed by atoms with Gasteiger partial charge >= 0.3 is 0 Å². The molecule has 0 aliphatic carbocycles. The predicted octanol–water partition coefficient (Wildman–Crippen LogP) is 4.31. The SMILES string of the molecule is C[C@H](N)c1cccc(F)c1Oc1cc([N+](=O)[O-])ccc1Br. The maximum atomic E-state index is 14.0. The normalized spacial score (nSPS) is 12.0. The molecule has 2 aromatic rings. The van der Waals surface area contributed by atoms with Gasteiger partial charge in [-0.15, -0.1) is 0 Å². The van der Waals surface area contributed by atoms with E-state index in [1.165, 1.54) is 30.3 Å². The molecule has 0 aromatic heterocycles. The van der Waals surface area contributed by atoms with E-state index in [9.17, 15) is 14.5 Å². The smallest absolute Gasteiger partial charge is 0.273 e. The number of ether oxygens (including phenoxy) is 1. The molecule has 2 aromatic carbocycles. The lowest BCUT2D eigenvalue weighted by molar-refractivity contribution is -0.384. The van der Waals surface area contributed by atoms with Crippen LogP contribution in [0.25, 0.3) is 0 Å². The minimum Gasteiger partial charge on any atom is -0.452 e. The molecule has 2 N–H and O–H groups in total. The Labute approximate surface area is 128 Å². The van der Waals surface area contributed by atoms with E-state index in [1.807, 2.05) is 0 Å². The van der Waals surface area contributed by atoms with Crippen LogP contribution in [0.5, 0.6) is 11.5 Å². The zero-order valence-electron chi connectivity index (χ0n) is 11.0. The van der Waals surface area contributed by atoms with Crippen LogP contribution in [-0.4, -0.2) is 4.92 Å². The van der Waals surface area contributed by atoms with Crippen LogP contribution >= 0.6 is 15.9 Å². The first-order valence-electron chi connectivity index (χ1n) is 6.06. The van der Waals surface area contributed by atoms with Crippen molar-refractivity contribution < 1.29 is 14.1 Å². The maximum Gasteiger partial charge on any atom is 0.273 e. The van der Waals surface area contributed by atoms with Gasteiger partial charge in [0.2, 0.25) is 0 Å². The number of halogens is 2. The van der Waals surface area contributed by atoms with E-state index in [1.54, 1.807) is 13.0 Å². The van der Waals surface area contributed by atoms with Crippen molar-refractivity contribution in [2.45, 2.75) is 13.0 Å². The highest BCUT2D eigenvalue weighted by Crippen LogP contribution is 2.36. The van der Waals surface area contributed by atoms with Crippen molar-refractivity contribution >= 4 is 21.6 Å². The molecule has 7 heteroatoms. The number of para-hydroxylation sites is 1. The Balaban J connectivity index is 2.47. The highest BCUT2D eigenvalue weighted by atomic mass is 79.9. The summed E-state index contributed by atoms with van der Waals surface area (Å²) in [5.41, 5.74) is 6.12. The fourth-order valence-electron chi connectivity index (χ4n) is 1.79. The van der Waals surface area contributed by atoms with Crippen LogP contribution in [-0.2, 0) is 0 Å². The second-order valence-corrected chi connectivity index (χ2v) is 5.28. The standard InChI is InChI=1S/C14H12BrFN2O3/c1-8(17)10-3-2-4-12(16)14(10)21-13-7-9(18(19)20)5-6-11(13)15/h2-8H,17H2,1H3/t8-/m0/s1. The quantitative estimate of drug-likeness (QED) is 0.655. The van der Waals surface area contributed by atoms with E-state index in [4.69, 9.17) is 10.5 Å². The van der Waals surface area contributed by atoms with E-state index in [0.29, 0.717) is 10.0 Å². The van der Waals surface area contributed by atoms with Crippen LogP contribution in [0.3, 0.4) is 0 Å². The monoisotopic (exact) mass is 354 g/mol. The largest absolute Gasteiger partial charge is 0.452 e. The molecule has 0 saturated carbocycles. The highest BCUT2D eigenvalue weighted by molar-refractivity contribution is 9.10. The summed E-state index contributed by atoms with van der Waals surface area (Å²) in [6.07, 6.45) is 0. The number of benzene rings is 2. The molecule has 0 unspecified atom stereocenters. The molecule has 110 valence electrons. The molecule has 21 heavy (non-hydrogen) atoms. The third-order valence-corrected chi connectivity index (χ3v) is 3.48. The molecular weight excluding hydrogens is 343 g/mol. The van der Waals surface area contributed by atoms with Crippen molar-refractivity contribution in [1.29, 1.82) is 0 Å². The maximum absolute atomic E-state index is 14.0. The van der Waals surface area contributed by atoms with Crippen LogP contribution < -0.4 is 10.5 Å². The van der Waals surface area contributed by atoms with Crippen LogP contribution in [0, 0.1) is 15.9 Å². The number of nitro benzene ring substituents is 1. The first-order valence-corrected chi connectivity index (χ1v) is 6.85. The molecule has 0 bridgehead atoms. The van der Waals surface area contributed by atoms with Gasteiger partial charge in [0, 0.05) is 17.7 Å². The Morgan fingerprint density at radius 2 is 2.10 bits per heavy atom. The van der Waals surface area contributed by atoms with Gasteiger partial charge in [-0.25, -0.2) is 4.39 Å². The summed E-state index contributed by atoms with van der Waals surface area (Å²) in [4.78, 5) is 10.3. The van der Waals surface area contributed by atoms with Crippen molar-refractivity contribution in [3.05, 3.63) is 62.4 Å². The average Bonchev–Trinajstić information content (AvgIpc) is 2.42. The summed E-state index contributed by atoms with van der Waals surface area (Å²) in [7, 11) is 0. The summed E-state index contributed by atoms with van der Waals surface area (Å²) < 4.78 is 20.0. The van der Waals surface area contributed by atoms with E-state index < -0.39 is 16.8 Å². The minimum absolute atomic E-state index is 0.0336. The number of hydrogen-bond donors (Lipinski definition) is 1. The Hall–Kier alpha value is -1.99. The van der Waals surface area contributed by atoms with Crippen molar-refractivity contribution in [2.75, 3.05) is 0 Å². The van der Waals surface area contributed by atoms with E-state index in [2.05, 4.69) is 15.9 Å². The van der Waals surface area contributed by atoms with Crippen LogP contribution in [0.1, 0.15) is 18.5 Å². The van der Waals surface area contributed by atoms with Crippen LogP contribution in [0.2, 0.25) is 0 Å². The topological polar surface area (TPSA) is 78.4 Å². The van der Waals surface area contributed by atoms with E-state index >= 15 is 0 Å². The third kappa shape index (κ3) is 3.37. The summed E-state index contributed by atoms with van der Waals surface area (Å²) >= 11 is 3.22. The minimum atomic E-state index is -0.580. The second kappa shape index (κ2) is 6.19. The molecule has 5 nitrogen and oxygen atoms in total.